The number of pyridine rings is 1. The Morgan fingerprint density at radius 1 is 1.20 bits per heavy atom. The number of fused-ring (bicyclic) bond motifs is 1. The van der Waals surface area contributed by atoms with Crippen molar-refractivity contribution >= 4 is 34.1 Å². The first-order valence-electron chi connectivity index (χ1n) is 9.01. The topological polar surface area (TPSA) is 48.5 Å². The molecule has 132 valence electrons. The first-order chi connectivity index (χ1) is 12.2. The fourth-order valence-electron chi connectivity index (χ4n) is 3.87. The minimum atomic E-state index is 0.157. The number of amides is 1. The van der Waals surface area contributed by atoms with E-state index in [1.54, 1.807) is 0 Å². The lowest BCUT2D eigenvalue weighted by Gasteiger charge is -2.38. The number of piperidine rings is 1. The van der Waals surface area contributed by atoms with Crippen LogP contribution in [0.3, 0.4) is 0 Å². The Hall–Kier alpha value is -1.85. The van der Waals surface area contributed by atoms with Gasteiger partial charge in [0, 0.05) is 55.0 Å². The minimum Gasteiger partial charge on any atom is -0.367 e. The molecular formula is C19H23ClN4O. The molecule has 1 N–H and O–H groups in total. The summed E-state index contributed by atoms with van der Waals surface area (Å²) in [4.78, 5) is 21.5. The lowest BCUT2D eigenvalue weighted by Crippen LogP contribution is -2.52. The molecule has 2 fully saturated rings. The smallest absolute Gasteiger partial charge is 0.227 e. The molecule has 2 saturated heterocycles. The van der Waals surface area contributed by atoms with Crippen LogP contribution in [-0.4, -0.2) is 55.1 Å². The van der Waals surface area contributed by atoms with Crippen LogP contribution in [0.2, 0.25) is 5.02 Å². The van der Waals surface area contributed by atoms with Crippen molar-refractivity contribution in [2.24, 2.45) is 5.92 Å². The third-order valence-corrected chi connectivity index (χ3v) is 5.50. The van der Waals surface area contributed by atoms with Crippen LogP contribution in [0.4, 0.5) is 5.69 Å². The van der Waals surface area contributed by atoms with E-state index in [1.807, 2.05) is 29.3 Å². The summed E-state index contributed by atoms with van der Waals surface area (Å²) in [5.41, 5.74) is 2.09. The number of rotatable bonds is 2. The number of benzene rings is 1. The predicted molar refractivity (Wildman–Crippen MR) is 101 cm³/mol. The van der Waals surface area contributed by atoms with Crippen LogP contribution in [-0.2, 0) is 4.79 Å². The molecule has 2 aromatic rings. The zero-order chi connectivity index (χ0) is 17.2. The van der Waals surface area contributed by atoms with Gasteiger partial charge in [0.1, 0.15) is 0 Å². The second-order valence-corrected chi connectivity index (χ2v) is 7.28. The summed E-state index contributed by atoms with van der Waals surface area (Å²) < 4.78 is 0. The molecule has 0 spiro atoms. The largest absolute Gasteiger partial charge is 0.367 e. The molecule has 1 unspecified atom stereocenters. The van der Waals surface area contributed by atoms with Gasteiger partial charge in [-0.2, -0.15) is 0 Å². The summed E-state index contributed by atoms with van der Waals surface area (Å²) >= 11 is 6.08. The average Bonchev–Trinajstić information content (AvgIpc) is 2.67. The lowest BCUT2D eigenvalue weighted by atomic mass is 9.98. The number of piperazine rings is 1. The highest BCUT2D eigenvalue weighted by Gasteiger charge is 2.28. The summed E-state index contributed by atoms with van der Waals surface area (Å²) in [7, 11) is 0. The minimum absolute atomic E-state index is 0.157. The third kappa shape index (κ3) is 3.44. The summed E-state index contributed by atoms with van der Waals surface area (Å²) in [5.74, 6) is 0.474. The molecular weight excluding hydrogens is 336 g/mol. The summed E-state index contributed by atoms with van der Waals surface area (Å²) in [6.07, 6.45) is 3.95. The predicted octanol–water partition coefficient (Wildman–Crippen LogP) is 2.54. The van der Waals surface area contributed by atoms with Gasteiger partial charge in [0.25, 0.3) is 0 Å². The third-order valence-electron chi connectivity index (χ3n) is 5.26. The van der Waals surface area contributed by atoms with Crippen LogP contribution in [0.15, 0.2) is 30.5 Å². The fraction of sp³-hybridized carbons (Fsp3) is 0.474. The molecule has 0 saturated carbocycles. The van der Waals surface area contributed by atoms with Gasteiger partial charge in [-0.15, -0.1) is 0 Å². The maximum atomic E-state index is 12.7. The van der Waals surface area contributed by atoms with E-state index in [-0.39, 0.29) is 5.92 Å². The highest BCUT2D eigenvalue weighted by Crippen LogP contribution is 2.28. The number of hydrogen-bond donors (Lipinski definition) is 1. The number of anilines is 1. The van der Waals surface area contributed by atoms with Crippen molar-refractivity contribution in [2.75, 3.05) is 44.2 Å². The Kier molecular flexibility index (Phi) is 4.77. The van der Waals surface area contributed by atoms with Crippen molar-refractivity contribution in [3.63, 3.8) is 0 Å². The van der Waals surface area contributed by atoms with Gasteiger partial charge in [0.05, 0.1) is 11.4 Å². The molecule has 6 heteroatoms. The van der Waals surface area contributed by atoms with Gasteiger partial charge in [-0.1, -0.05) is 11.6 Å². The number of hydrogen-bond acceptors (Lipinski definition) is 4. The number of nitrogens with zero attached hydrogens (tertiary/aromatic N) is 3. The molecule has 5 nitrogen and oxygen atoms in total. The number of carbonyl (C=O) groups is 1. The van der Waals surface area contributed by atoms with E-state index in [2.05, 4.69) is 21.3 Å². The summed E-state index contributed by atoms with van der Waals surface area (Å²) in [6, 6.07) is 7.89. The molecule has 2 aliphatic rings. The second kappa shape index (κ2) is 7.18. The van der Waals surface area contributed by atoms with E-state index in [0.29, 0.717) is 10.9 Å². The molecule has 1 atom stereocenters. The average molecular weight is 359 g/mol. The molecule has 0 radical (unpaired) electrons. The van der Waals surface area contributed by atoms with Gasteiger partial charge in [-0.25, -0.2) is 0 Å². The van der Waals surface area contributed by atoms with Gasteiger partial charge in [-0.3, -0.25) is 9.78 Å². The molecule has 4 rings (SSSR count). The van der Waals surface area contributed by atoms with Crippen LogP contribution in [0, 0.1) is 5.92 Å². The van der Waals surface area contributed by atoms with E-state index in [0.717, 1.165) is 63.0 Å². The second-order valence-electron chi connectivity index (χ2n) is 6.85. The van der Waals surface area contributed by atoms with Crippen LogP contribution < -0.4 is 10.2 Å². The molecule has 0 aliphatic carbocycles. The Balaban J connectivity index is 1.46. The monoisotopic (exact) mass is 358 g/mol. The summed E-state index contributed by atoms with van der Waals surface area (Å²) in [6.45, 7) is 5.15. The van der Waals surface area contributed by atoms with Crippen LogP contribution in [0.1, 0.15) is 12.8 Å². The van der Waals surface area contributed by atoms with Crippen molar-refractivity contribution in [3.05, 3.63) is 35.5 Å². The number of aromatic nitrogens is 1. The molecule has 1 amide bonds. The highest BCUT2D eigenvalue weighted by atomic mass is 35.5. The lowest BCUT2D eigenvalue weighted by molar-refractivity contribution is -0.136. The zero-order valence-corrected chi connectivity index (χ0v) is 15.0. The molecule has 2 aliphatic heterocycles. The quantitative estimate of drug-likeness (QED) is 0.896. The van der Waals surface area contributed by atoms with E-state index >= 15 is 0 Å². The van der Waals surface area contributed by atoms with Crippen LogP contribution >= 0.6 is 11.6 Å². The van der Waals surface area contributed by atoms with Crippen LogP contribution in [0.25, 0.3) is 10.9 Å². The molecule has 1 aromatic carbocycles. The summed E-state index contributed by atoms with van der Waals surface area (Å²) in [5, 5.41) is 5.15. The Bertz CT molecular complexity index is 767. The Morgan fingerprint density at radius 3 is 2.80 bits per heavy atom. The van der Waals surface area contributed by atoms with Crippen molar-refractivity contribution in [2.45, 2.75) is 12.8 Å². The van der Waals surface area contributed by atoms with Crippen molar-refractivity contribution in [1.82, 2.24) is 15.2 Å². The van der Waals surface area contributed by atoms with Crippen molar-refractivity contribution in [3.8, 4) is 0 Å². The Labute approximate surface area is 153 Å². The van der Waals surface area contributed by atoms with Crippen LogP contribution in [0.5, 0.6) is 0 Å². The van der Waals surface area contributed by atoms with E-state index in [4.69, 9.17) is 11.6 Å². The Morgan fingerprint density at radius 2 is 2.04 bits per heavy atom. The van der Waals surface area contributed by atoms with E-state index in [9.17, 15) is 4.79 Å². The molecule has 25 heavy (non-hydrogen) atoms. The van der Waals surface area contributed by atoms with Gasteiger partial charge in [0.2, 0.25) is 5.91 Å². The standard InChI is InChI=1S/C19H23ClN4O/c20-15-3-4-16-17(12-15)22-7-5-18(16)23-8-10-24(11-9-23)19(25)14-2-1-6-21-13-14/h3-5,7,12,14,21H,1-2,6,8-11,13H2. The number of nitrogens with one attached hydrogen (secondary N) is 1. The van der Waals surface area contributed by atoms with Gasteiger partial charge >= 0.3 is 0 Å². The fourth-order valence-corrected chi connectivity index (χ4v) is 4.04. The molecule has 1 aromatic heterocycles. The number of carbonyl (C=O) groups excluding carboxylic acids is 1. The van der Waals surface area contributed by atoms with Gasteiger partial charge in [0.15, 0.2) is 0 Å². The van der Waals surface area contributed by atoms with Crippen molar-refractivity contribution < 1.29 is 4.79 Å². The van der Waals surface area contributed by atoms with E-state index in [1.165, 1.54) is 5.69 Å². The maximum Gasteiger partial charge on any atom is 0.227 e. The zero-order valence-electron chi connectivity index (χ0n) is 14.2. The van der Waals surface area contributed by atoms with Crippen molar-refractivity contribution in [1.29, 1.82) is 0 Å². The molecule has 3 heterocycles. The first-order valence-corrected chi connectivity index (χ1v) is 9.39. The SMILES string of the molecule is O=C(C1CCCNC1)N1CCN(c2ccnc3cc(Cl)ccc23)CC1. The maximum absolute atomic E-state index is 12.7. The number of halogens is 1. The normalized spacial score (nSPS) is 21.6. The first kappa shape index (κ1) is 16.6. The van der Waals surface area contributed by atoms with Gasteiger partial charge < -0.3 is 15.1 Å². The highest BCUT2D eigenvalue weighted by molar-refractivity contribution is 6.31. The molecule has 0 bridgehead atoms. The van der Waals surface area contributed by atoms with E-state index < -0.39 is 0 Å². The van der Waals surface area contributed by atoms with Gasteiger partial charge in [-0.05, 0) is 43.7 Å².